The van der Waals surface area contributed by atoms with E-state index in [2.05, 4.69) is 52.8 Å². The second-order valence-electron chi connectivity index (χ2n) is 9.86. The summed E-state index contributed by atoms with van der Waals surface area (Å²) in [5.41, 5.74) is 7.51. The van der Waals surface area contributed by atoms with Gasteiger partial charge in [-0.1, -0.05) is 48.2 Å². The summed E-state index contributed by atoms with van der Waals surface area (Å²) in [4.78, 5) is 31.6. The summed E-state index contributed by atoms with van der Waals surface area (Å²) in [5.74, 6) is 1.58. The van der Waals surface area contributed by atoms with Crippen LogP contribution in [0.2, 0.25) is 0 Å². The molecule has 2 fully saturated rings. The average molecular weight is 495 g/mol. The van der Waals surface area contributed by atoms with Crippen molar-refractivity contribution in [3.63, 3.8) is 0 Å². The minimum Gasteiger partial charge on any atom is -0.338 e. The number of carbonyl (C=O) groups excluding carboxylic acids is 2. The molecule has 0 spiro atoms. The summed E-state index contributed by atoms with van der Waals surface area (Å²) >= 11 is 1.17. The third kappa shape index (κ3) is 4.38. The Morgan fingerprint density at radius 1 is 0.944 bits per heavy atom. The summed E-state index contributed by atoms with van der Waals surface area (Å²) in [6.07, 6.45) is 10.3. The number of nitrogens with one attached hydrogen (secondary N) is 2. The van der Waals surface area contributed by atoms with Gasteiger partial charge in [-0.05, 0) is 90.8 Å². The van der Waals surface area contributed by atoms with Crippen molar-refractivity contribution in [1.82, 2.24) is 15.3 Å². The van der Waals surface area contributed by atoms with Crippen LogP contribution < -0.4 is 5.32 Å². The Balaban J connectivity index is 1.11. The Hall–Kier alpha value is -3.63. The lowest BCUT2D eigenvalue weighted by atomic mass is 9.77. The number of aromatic nitrogens is 2. The number of fused-ring (bicyclic) bond motifs is 1. The molecule has 3 aliphatic rings. The highest BCUT2D eigenvalue weighted by atomic mass is 32.2. The van der Waals surface area contributed by atoms with Crippen molar-refractivity contribution in [1.29, 1.82) is 5.26 Å². The van der Waals surface area contributed by atoms with E-state index in [4.69, 9.17) is 10.2 Å². The van der Waals surface area contributed by atoms with Crippen LogP contribution in [0.5, 0.6) is 0 Å². The Labute approximate surface area is 213 Å². The van der Waals surface area contributed by atoms with Crippen molar-refractivity contribution in [2.45, 2.75) is 49.7 Å². The number of allylic oxidation sites excluding steroid dienone is 4. The maximum absolute atomic E-state index is 12.0. The fourth-order valence-corrected chi connectivity index (χ4v) is 6.73. The number of nitrogens with zero attached hydrogens (tertiary/aromatic N) is 2. The first-order valence-corrected chi connectivity index (χ1v) is 13.4. The number of rotatable bonds is 4. The van der Waals surface area contributed by atoms with Gasteiger partial charge in [0.05, 0.1) is 27.9 Å². The van der Waals surface area contributed by atoms with Crippen LogP contribution >= 0.6 is 11.8 Å². The minimum absolute atomic E-state index is 0.107. The van der Waals surface area contributed by atoms with E-state index >= 15 is 0 Å². The van der Waals surface area contributed by atoms with Gasteiger partial charge >= 0.3 is 0 Å². The molecule has 6 rings (SSSR count). The second kappa shape index (κ2) is 9.44. The van der Waals surface area contributed by atoms with Gasteiger partial charge in [-0.25, -0.2) is 4.98 Å². The number of carbonyl (C=O) groups is 2. The van der Waals surface area contributed by atoms with Crippen molar-refractivity contribution in [3.05, 3.63) is 77.1 Å². The maximum atomic E-state index is 12.0. The maximum Gasteiger partial charge on any atom is 0.286 e. The SMILES string of the molecule is N#Cc1ccc2[nH]c(C3=CC=C(c4ccc(C5CCC(C6SC(=O)NC6=O)CC5)cc4)CC3)nc2c1. The van der Waals surface area contributed by atoms with Crippen molar-refractivity contribution >= 4 is 45.1 Å². The van der Waals surface area contributed by atoms with Gasteiger partial charge in [0.2, 0.25) is 5.91 Å². The monoisotopic (exact) mass is 494 g/mol. The molecule has 2 N–H and O–H groups in total. The predicted octanol–water partition coefficient (Wildman–Crippen LogP) is 6.32. The molecular weight excluding hydrogens is 468 g/mol. The van der Waals surface area contributed by atoms with Gasteiger partial charge in [-0.3, -0.25) is 14.9 Å². The molecule has 0 radical (unpaired) electrons. The van der Waals surface area contributed by atoms with Gasteiger partial charge in [0.15, 0.2) is 0 Å². The molecule has 2 heterocycles. The summed E-state index contributed by atoms with van der Waals surface area (Å²) in [6.45, 7) is 0. The summed E-state index contributed by atoms with van der Waals surface area (Å²) < 4.78 is 0. The smallest absolute Gasteiger partial charge is 0.286 e. The lowest BCUT2D eigenvalue weighted by molar-refractivity contribution is -0.120. The number of amides is 2. The highest BCUT2D eigenvalue weighted by Gasteiger charge is 2.39. The lowest BCUT2D eigenvalue weighted by Crippen LogP contribution is -2.31. The van der Waals surface area contributed by atoms with E-state index in [0.29, 0.717) is 17.4 Å². The van der Waals surface area contributed by atoms with E-state index in [1.165, 1.54) is 34.0 Å². The summed E-state index contributed by atoms with van der Waals surface area (Å²) in [5, 5.41) is 11.1. The summed E-state index contributed by atoms with van der Waals surface area (Å²) in [7, 11) is 0. The van der Waals surface area contributed by atoms with Gasteiger partial charge < -0.3 is 4.98 Å². The van der Waals surface area contributed by atoms with Gasteiger partial charge in [0.25, 0.3) is 5.24 Å². The van der Waals surface area contributed by atoms with E-state index in [9.17, 15) is 9.59 Å². The number of imidazole rings is 1. The molecular formula is C29H26N4O2S. The first-order valence-electron chi connectivity index (χ1n) is 12.5. The van der Waals surface area contributed by atoms with E-state index < -0.39 is 0 Å². The molecule has 1 atom stereocenters. The average Bonchev–Trinajstić information content (AvgIpc) is 3.50. The molecule has 180 valence electrons. The van der Waals surface area contributed by atoms with Crippen molar-refractivity contribution in [2.75, 3.05) is 0 Å². The Morgan fingerprint density at radius 3 is 2.36 bits per heavy atom. The van der Waals surface area contributed by atoms with E-state index in [-0.39, 0.29) is 16.4 Å². The topological polar surface area (TPSA) is 98.6 Å². The number of benzene rings is 2. The molecule has 2 aromatic carbocycles. The normalized spacial score (nSPS) is 24.2. The molecule has 1 saturated heterocycles. The van der Waals surface area contributed by atoms with Crippen LogP contribution in [0.3, 0.4) is 0 Å². The number of aromatic amines is 1. The van der Waals surface area contributed by atoms with Crippen LogP contribution in [0.1, 0.15) is 67.0 Å². The van der Waals surface area contributed by atoms with Crippen LogP contribution in [0.15, 0.2) is 54.6 Å². The van der Waals surface area contributed by atoms with Crippen molar-refractivity contribution in [3.8, 4) is 6.07 Å². The van der Waals surface area contributed by atoms with Gasteiger partial charge in [0.1, 0.15) is 5.82 Å². The van der Waals surface area contributed by atoms with Crippen molar-refractivity contribution < 1.29 is 9.59 Å². The molecule has 1 aromatic heterocycles. The standard InChI is InChI=1S/C29H26N4O2S/c30-16-17-1-14-24-25(15-17)32-27(31-24)23-12-8-21(9-13-23)19-4-2-18(3-5-19)20-6-10-22(11-7-20)26-28(34)33-29(35)36-26/h1-5,8,12,14-15,20,22,26H,6-7,9-11,13H2,(H,31,32)(H,33,34,35). The molecule has 6 nitrogen and oxygen atoms in total. The molecule has 7 heteroatoms. The number of hydrogen-bond donors (Lipinski definition) is 2. The zero-order valence-corrected chi connectivity index (χ0v) is 20.6. The van der Waals surface area contributed by atoms with Crippen LogP contribution in [0.25, 0.3) is 22.2 Å². The third-order valence-electron chi connectivity index (χ3n) is 7.74. The van der Waals surface area contributed by atoms with Gasteiger partial charge in [-0.15, -0.1) is 0 Å². The Kier molecular flexibility index (Phi) is 5.98. The molecule has 1 saturated carbocycles. The first kappa shape index (κ1) is 22.8. The fourth-order valence-electron chi connectivity index (χ4n) is 5.71. The number of thioether (sulfide) groups is 1. The molecule has 2 amide bonds. The zero-order valence-electron chi connectivity index (χ0n) is 19.8. The quantitative estimate of drug-likeness (QED) is 0.442. The van der Waals surface area contributed by atoms with Crippen LogP contribution in [-0.4, -0.2) is 26.4 Å². The highest BCUT2D eigenvalue weighted by molar-refractivity contribution is 8.15. The Bertz CT molecular complexity index is 1450. The minimum atomic E-state index is -0.202. The molecule has 3 aromatic rings. The number of H-pyrrole nitrogens is 1. The second-order valence-corrected chi connectivity index (χ2v) is 11.0. The Morgan fingerprint density at radius 2 is 1.69 bits per heavy atom. The van der Waals surface area contributed by atoms with E-state index in [0.717, 1.165) is 55.4 Å². The van der Waals surface area contributed by atoms with Crippen molar-refractivity contribution in [2.24, 2.45) is 5.92 Å². The highest BCUT2D eigenvalue weighted by Crippen LogP contribution is 2.42. The first-order chi connectivity index (χ1) is 17.6. The molecule has 2 aliphatic carbocycles. The molecule has 36 heavy (non-hydrogen) atoms. The number of nitriles is 1. The van der Waals surface area contributed by atoms with Gasteiger partial charge in [0, 0.05) is 0 Å². The largest absolute Gasteiger partial charge is 0.338 e. The lowest BCUT2D eigenvalue weighted by Gasteiger charge is -2.30. The van der Waals surface area contributed by atoms with E-state index in [1.54, 1.807) is 0 Å². The summed E-state index contributed by atoms with van der Waals surface area (Å²) in [6, 6.07) is 16.7. The number of imide groups is 1. The van der Waals surface area contributed by atoms with Crippen LogP contribution in [0, 0.1) is 17.2 Å². The molecule has 1 aliphatic heterocycles. The van der Waals surface area contributed by atoms with E-state index in [1.807, 2.05) is 18.2 Å². The van der Waals surface area contributed by atoms with Crippen LogP contribution in [0.4, 0.5) is 4.79 Å². The molecule has 0 bridgehead atoms. The van der Waals surface area contributed by atoms with Gasteiger partial charge in [-0.2, -0.15) is 5.26 Å². The zero-order chi connectivity index (χ0) is 24.6. The third-order valence-corrected chi connectivity index (χ3v) is 8.91. The van der Waals surface area contributed by atoms with Crippen LogP contribution in [-0.2, 0) is 4.79 Å². The fraction of sp³-hybridized carbons (Fsp3) is 0.310. The molecule has 1 unspecified atom stereocenters. The number of hydrogen-bond acceptors (Lipinski definition) is 5. The predicted molar refractivity (Wildman–Crippen MR) is 142 cm³/mol.